The zero-order valence-corrected chi connectivity index (χ0v) is 19.3. The van der Waals surface area contributed by atoms with Crippen LogP contribution in [-0.4, -0.2) is 38.0 Å². The van der Waals surface area contributed by atoms with Gasteiger partial charge in [0.25, 0.3) is 0 Å². The predicted octanol–water partition coefficient (Wildman–Crippen LogP) is 5.15. The van der Waals surface area contributed by atoms with Crippen LogP contribution in [0.2, 0.25) is 10.0 Å². The van der Waals surface area contributed by atoms with E-state index in [4.69, 9.17) is 23.2 Å². The second-order valence-electron chi connectivity index (χ2n) is 6.45. The van der Waals surface area contributed by atoms with Gasteiger partial charge in [-0.05, 0) is 48.2 Å². The fourth-order valence-electron chi connectivity index (χ4n) is 2.86. The molecule has 0 atom stereocenters. The number of pyridine rings is 1. The first-order valence-electron chi connectivity index (χ1n) is 9.35. The molecule has 0 saturated heterocycles. The van der Waals surface area contributed by atoms with Crippen LogP contribution in [0.25, 0.3) is 17.1 Å². The van der Waals surface area contributed by atoms with Gasteiger partial charge in [0.2, 0.25) is 5.91 Å². The average molecular weight is 490 g/mol. The summed E-state index contributed by atoms with van der Waals surface area (Å²) in [5, 5.41) is 15.1. The fourth-order valence-corrected chi connectivity index (χ4v) is 4.65. The molecule has 0 saturated carbocycles. The maximum atomic E-state index is 12.3. The molecular weight excluding hydrogens is 473 g/mol. The van der Waals surface area contributed by atoms with Crippen molar-refractivity contribution in [2.45, 2.75) is 11.6 Å². The molecule has 1 N–H and O–H groups in total. The number of nitrogens with one attached hydrogen (secondary N) is 1. The van der Waals surface area contributed by atoms with Crippen molar-refractivity contribution in [2.24, 2.45) is 0 Å². The van der Waals surface area contributed by atoms with Crippen LogP contribution in [0.5, 0.6) is 0 Å². The van der Waals surface area contributed by atoms with Crippen LogP contribution in [0.1, 0.15) is 4.88 Å². The Kier molecular flexibility index (Phi) is 7.24. The lowest BCUT2D eigenvalue weighted by atomic mass is 10.2. The highest BCUT2D eigenvalue weighted by Crippen LogP contribution is 2.31. The van der Waals surface area contributed by atoms with Gasteiger partial charge in [-0.25, -0.2) is 0 Å². The average Bonchev–Trinajstić information content (AvgIpc) is 3.45. The van der Waals surface area contributed by atoms with E-state index >= 15 is 0 Å². The zero-order valence-electron chi connectivity index (χ0n) is 16.2. The topological polar surface area (TPSA) is 72.7 Å². The summed E-state index contributed by atoms with van der Waals surface area (Å²) in [6.45, 7) is 0.598. The number of hydrogen-bond donors (Lipinski definition) is 1. The SMILES string of the molecule is O=C(CSc1nnc(-c2cccnc2)n1-c1ccc(Cl)c(Cl)c1)NCCc1cccs1. The molecule has 0 fully saturated rings. The highest BCUT2D eigenvalue weighted by Gasteiger charge is 2.18. The van der Waals surface area contributed by atoms with E-state index in [2.05, 4.69) is 26.6 Å². The number of thioether (sulfide) groups is 1. The standard InChI is InChI=1S/C21H17Cl2N5OS2/c22-17-6-5-15(11-18(17)23)28-20(14-3-1-8-24-12-14)26-27-21(28)31-13-19(29)25-9-7-16-4-2-10-30-16/h1-6,8,10-12H,7,9,13H2,(H,25,29). The smallest absolute Gasteiger partial charge is 0.230 e. The summed E-state index contributed by atoms with van der Waals surface area (Å²) in [6, 6.07) is 13.1. The van der Waals surface area contributed by atoms with Crippen LogP contribution < -0.4 is 5.32 Å². The third-order valence-electron chi connectivity index (χ3n) is 4.32. The van der Waals surface area contributed by atoms with Crippen LogP contribution >= 0.6 is 46.3 Å². The van der Waals surface area contributed by atoms with Crippen LogP contribution in [-0.2, 0) is 11.2 Å². The molecule has 0 aliphatic carbocycles. The number of halogens is 2. The third-order valence-corrected chi connectivity index (χ3v) is 6.92. The first-order chi connectivity index (χ1) is 15.1. The summed E-state index contributed by atoms with van der Waals surface area (Å²) < 4.78 is 1.85. The van der Waals surface area contributed by atoms with Crippen molar-refractivity contribution < 1.29 is 4.79 Å². The minimum atomic E-state index is -0.0619. The molecule has 158 valence electrons. The Hall–Kier alpha value is -2.39. The predicted molar refractivity (Wildman–Crippen MR) is 126 cm³/mol. The lowest BCUT2D eigenvalue weighted by Gasteiger charge is -2.11. The van der Waals surface area contributed by atoms with Crippen molar-refractivity contribution in [3.8, 4) is 17.1 Å². The summed E-state index contributed by atoms with van der Waals surface area (Å²) in [5.74, 6) is 0.761. The Morgan fingerprint density at radius 2 is 2.03 bits per heavy atom. The first kappa shape index (κ1) is 21.8. The number of carbonyl (C=O) groups is 1. The summed E-state index contributed by atoms with van der Waals surface area (Å²) >= 11 is 15.3. The first-order valence-corrected chi connectivity index (χ1v) is 12.0. The molecule has 0 aliphatic rings. The Labute approximate surface area is 197 Å². The van der Waals surface area contributed by atoms with Crippen molar-refractivity contribution in [2.75, 3.05) is 12.3 Å². The zero-order chi connectivity index (χ0) is 21.6. The molecule has 1 aromatic carbocycles. The van der Waals surface area contributed by atoms with Crippen molar-refractivity contribution in [3.05, 3.63) is 75.2 Å². The minimum Gasteiger partial charge on any atom is -0.355 e. The molecule has 4 rings (SSSR count). The normalized spacial score (nSPS) is 10.9. The number of benzene rings is 1. The molecule has 0 unspecified atom stereocenters. The number of aromatic nitrogens is 4. The fraction of sp³-hybridized carbons (Fsp3) is 0.143. The van der Waals surface area contributed by atoms with Crippen molar-refractivity contribution >= 4 is 52.2 Å². The van der Waals surface area contributed by atoms with Gasteiger partial charge in [-0.1, -0.05) is 41.0 Å². The minimum absolute atomic E-state index is 0.0619. The van der Waals surface area contributed by atoms with Gasteiger partial charge in [-0.15, -0.1) is 21.5 Å². The molecule has 3 heterocycles. The largest absolute Gasteiger partial charge is 0.355 e. The second kappa shape index (κ2) is 10.3. The van der Waals surface area contributed by atoms with Crippen LogP contribution in [0.3, 0.4) is 0 Å². The Balaban J connectivity index is 1.52. The van der Waals surface area contributed by atoms with E-state index in [9.17, 15) is 4.79 Å². The van der Waals surface area contributed by atoms with Gasteiger partial charge in [-0.2, -0.15) is 0 Å². The maximum Gasteiger partial charge on any atom is 0.230 e. The number of hydrogen-bond acceptors (Lipinski definition) is 6. The summed E-state index contributed by atoms with van der Waals surface area (Å²) in [5.41, 5.74) is 1.55. The van der Waals surface area contributed by atoms with Crippen molar-refractivity contribution in [1.82, 2.24) is 25.1 Å². The molecule has 0 radical (unpaired) electrons. The molecule has 4 aromatic rings. The van der Waals surface area contributed by atoms with E-state index in [0.717, 1.165) is 17.7 Å². The third kappa shape index (κ3) is 5.46. The molecular formula is C21H17Cl2N5OS2. The van der Waals surface area contributed by atoms with Crippen molar-refractivity contribution in [1.29, 1.82) is 0 Å². The molecule has 6 nitrogen and oxygen atoms in total. The van der Waals surface area contributed by atoms with Gasteiger partial charge >= 0.3 is 0 Å². The number of carbonyl (C=O) groups excluding carboxylic acids is 1. The van der Waals surface area contributed by atoms with E-state index in [-0.39, 0.29) is 11.7 Å². The molecule has 1 amide bonds. The van der Waals surface area contributed by atoms with Gasteiger partial charge in [0.05, 0.1) is 21.5 Å². The van der Waals surface area contributed by atoms with Gasteiger partial charge in [0.1, 0.15) is 0 Å². The Morgan fingerprint density at radius 1 is 1.13 bits per heavy atom. The maximum absolute atomic E-state index is 12.3. The van der Waals surface area contributed by atoms with E-state index in [1.54, 1.807) is 35.9 Å². The Bertz CT molecular complexity index is 1170. The highest BCUT2D eigenvalue weighted by atomic mass is 35.5. The van der Waals surface area contributed by atoms with Gasteiger partial charge < -0.3 is 5.32 Å². The number of thiophene rings is 1. The van der Waals surface area contributed by atoms with E-state index in [1.807, 2.05) is 34.2 Å². The van der Waals surface area contributed by atoms with Crippen LogP contribution in [0.4, 0.5) is 0 Å². The molecule has 0 spiro atoms. The van der Waals surface area contributed by atoms with Crippen LogP contribution in [0, 0.1) is 0 Å². The molecule has 0 aliphatic heterocycles. The number of rotatable bonds is 8. The van der Waals surface area contributed by atoms with Gasteiger partial charge in [0.15, 0.2) is 11.0 Å². The monoisotopic (exact) mass is 489 g/mol. The Morgan fingerprint density at radius 3 is 2.77 bits per heavy atom. The van der Waals surface area contributed by atoms with E-state index < -0.39 is 0 Å². The lowest BCUT2D eigenvalue weighted by molar-refractivity contribution is -0.118. The molecule has 10 heteroatoms. The van der Waals surface area contributed by atoms with Crippen molar-refractivity contribution in [3.63, 3.8) is 0 Å². The summed E-state index contributed by atoms with van der Waals surface area (Å²) in [6.07, 6.45) is 4.22. The highest BCUT2D eigenvalue weighted by molar-refractivity contribution is 7.99. The lowest BCUT2D eigenvalue weighted by Crippen LogP contribution is -2.27. The summed E-state index contributed by atoms with van der Waals surface area (Å²) in [7, 11) is 0. The van der Waals surface area contributed by atoms with Crippen LogP contribution in [0.15, 0.2) is 65.4 Å². The molecule has 0 bridgehead atoms. The van der Waals surface area contributed by atoms with Gasteiger partial charge in [0, 0.05) is 29.4 Å². The summed E-state index contributed by atoms with van der Waals surface area (Å²) in [4.78, 5) is 17.7. The van der Waals surface area contributed by atoms with E-state index in [1.165, 1.54) is 16.6 Å². The molecule has 31 heavy (non-hydrogen) atoms. The number of nitrogens with zero attached hydrogens (tertiary/aromatic N) is 4. The molecule has 3 aromatic heterocycles. The van der Waals surface area contributed by atoms with E-state index in [0.29, 0.717) is 27.6 Å². The second-order valence-corrected chi connectivity index (χ2v) is 9.24. The number of amides is 1. The van der Waals surface area contributed by atoms with Gasteiger partial charge in [-0.3, -0.25) is 14.3 Å². The quantitative estimate of drug-likeness (QED) is 0.346.